The standard InChI is InChI=1S/C27H25FN4O3S/c1-27(9-10-36(34,35)16-27)31-25(33)20-7-8-22-23(19-4-2-3-18(11-19)17-5-6-17)15-32(24(22)12-20)26-29-13-21(28)14-30-26/h2-4,7-8,11-15,17H,5-6,9-10,16H2,1H3,(H,31,33). The Bertz CT molecular complexity index is 1610. The van der Waals surface area contributed by atoms with E-state index in [-0.39, 0.29) is 23.4 Å². The fourth-order valence-electron chi connectivity index (χ4n) is 5.03. The van der Waals surface area contributed by atoms with Crippen molar-refractivity contribution in [2.75, 3.05) is 11.5 Å². The van der Waals surface area contributed by atoms with E-state index in [1.807, 2.05) is 12.3 Å². The average molecular weight is 505 g/mol. The Labute approximate surface area is 208 Å². The van der Waals surface area contributed by atoms with Crippen molar-refractivity contribution in [1.82, 2.24) is 19.9 Å². The average Bonchev–Trinajstić information content (AvgIpc) is 3.58. The highest BCUT2D eigenvalue weighted by Crippen LogP contribution is 2.42. The van der Waals surface area contributed by atoms with Crippen molar-refractivity contribution in [2.45, 2.75) is 37.6 Å². The predicted octanol–water partition coefficient (Wildman–Crippen LogP) is 4.41. The minimum absolute atomic E-state index is 0.0663. The number of nitrogens with zero attached hydrogens (tertiary/aromatic N) is 3. The van der Waals surface area contributed by atoms with Crippen LogP contribution in [0.25, 0.3) is 28.0 Å². The van der Waals surface area contributed by atoms with Crippen LogP contribution in [0.3, 0.4) is 0 Å². The van der Waals surface area contributed by atoms with Crippen LogP contribution < -0.4 is 5.32 Å². The molecule has 7 nitrogen and oxygen atoms in total. The lowest BCUT2D eigenvalue weighted by atomic mass is 9.99. The fraction of sp³-hybridized carbons (Fsp3) is 0.296. The highest BCUT2D eigenvalue weighted by atomic mass is 32.2. The van der Waals surface area contributed by atoms with Gasteiger partial charge in [0.15, 0.2) is 15.7 Å². The number of nitrogens with one attached hydrogen (secondary N) is 1. The first-order chi connectivity index (χ1) is 17.2. The van der Waals surface area contributed by atoms with Crippen molar-refractivity contribution in [3.63, 3.8) is 0 Å². The summed E-state index contributed by atoms with van der Waals surface area (Å²) in [5, 5.41) is 3.82. The molecule has 2 aromatic carbocycles. The maximum absolute atomic E-state index is 13.5. The normalized spacial score (nSPS) is 21.1. The van der Waals surface area contributed by atoms with Crippen LogP contribution in [0.2, 0.25) is 0 Å². The topological polar surface area (TPSA) is 93.9 Å². The molecule has 0 radical (unpaired) electrons. The first kappa shape index (κ1) is 22.8. The monoisotopic (exact) mass is 504 g/mol. The third-order valence-corrected chi connectivity index (χ3v) is 8.96. The number of rotatable bonds is 5. The van der Waals surface area contributed by atoms with Crippen molar-refractivity contribution < 1.29 is 17.6 Å². The highest BCUT2D eigenvalue weighted by molar-refractivity contribution is 7.91. The molecule has 1 aliphatic heterocycles. The van der Waals surface area contributed by atoms with E-state index in [0.29, 0.717) is 23.4 Å². The lowest BCUT2D eigenvalue weighted by Crippen LogP contribution is -2.46. The number of carbonyl (C=O) groups is 1. The van der Waals surface area contributed by atoms with Gasteiger partial charge in [0.1, 0.15) is 0 Å². The first-order valence-corrected chi connectivity index (χ1v) is 13.8. The number of sulfone groups is 1. The molecule has 6 rings (SSSR count). The summed E-state index contributed by atoms with van der Waals surface area (Å²) in [6.07, 6.45) is 6.92. The molecule has 36 heavy (non-hydrogen) atoms. The molecule has 0 bridgehead atoms. The van der Waals surface area contributed by atoms with Gasteiger partial charge in [0, 0.05) is 22.7 Å². The van der Waals surface area contributed by atoms with Crippen molar-refractivity contribution in [1.29, 1.82) is 0 Å². The molecule has 2 aliphatic rings. The summed E-state index contributed by atoms with van der Waals surface area (Å²) in [7, 11) is -3.16. The molecule has 3 heterocycles. The quantitative estimate of drug-likeness (QED) is 0.435. The maximum atomic E-state index is 13.5. The molecule has 1 amide bonds. The zero-order valence-electron chi connectivity index (χ0n) is 19.7. The van der Waals surface area contributed by atoms with Crippen LogP contribution in [0, 0.1) is 5.82 Å². The van der Waals surface area contributed by atoms with E-state index in [1.54, 1.807) is 23.6 Å². The van der Waals surface area contributed by atoms with Gasteiger partial charge in [-0.3, -0.25) is 9.36 Å². The Morgan fingerprint density at radius 3 is 2.61 bits per heavy atom. The molecule has 1 atom stereocenters. The number of carbonyl (C=O) groups excluding carboxylic acids is 1. The summed E-state index contributed by atoms with van der Waals surface area (Å²) in [6.45, 7) is 1.76. The molecule has 1 N–H and O–H groups in total. The van der Waals surface area contributed by atoms with Gasteiger partial charge in [-0.05, 0) is 55.4 Å². The molecule has 2 fully saturated rings. The van der Waals surface area contributed by atoms with Crippen molar-refractivity contribution in [3.05, 3.63) is 78.0 Å². The number of amides is 1. The van der Waals surface area contributed by atoms with Gasteiger partial charge in [0.2, 0.25) is 5.95 Å². The van der Waals surface area contributed by atoms with Gasteiger partial charge in [-0.25, -0.2) is 22.8 Å². The van der Waals surface area contributed by atoms with E-state index in [9.17, 15) is 17.6 Å². The molecule has 1 unspecified atom stereocenters. The fourth-order valence-corrected chi connectivity index (χ4v) is 7.12. The second-order valence-corrected chi connectivity index (χ2v) is 12.3. The molecule has 4 aromatic rings. The van der Waals surface area contributed by atoms with Crippen LogP contribution in [0.5, 0.6) is 0 Å². The van der Waals surface area contributed by atoms with E-state index < -0.39 is 21.2 Å². The first-order valence-electron chi connectivity index (χ1n) is 12.0. The third-order valence-electron chi connectivity index (χ3n) is 7.06. The molecule has 0 spiro atoms. The number of hydrogen-bond acceptors (Lipinski definition) is 5. The summed E-state index contributed by atoms with van der Waals surface area (Å²) >= 11 is 0. The van der Waals surface area contributed by atoms with Gasteiger partial charge in [0.25, 0.3) is 5.91 Å². The maximum Gasteiger partial charge on any atom is 0.251 e. The number of aromatic nitrogens is 3. The summed E-state index contributed by atoms with van der Waals surface area (Å²) in [4.78, 5) is 21.5. The van der Waals surface area contributed by atoms with Crippen molar-refractivity contribution >= 4 is 26.6 Å². The van der Waals surface area contributed by atoms with Gasteiger partial charge >= 0.3 is 0 Å². The number of hydrogen-bond donors (Lipinski definition) is 1. The minimum atomic E-state index is -3.16. The minimum Gasteiger partial charge on any atom is -0.346 e. The summed E-state index contributed by atoms with van der Waals surface area (Å²) in [6, 6.07) is 13.8. The van der Waals surface area contributed by atoms with E-state index in [4.69, 9.17) is 0 Å². The van der Waals surface area contributed by atoms with Crippen molar-refractivity contribution in [2.24, 2.45) is 0 Å². The van der Waals surface area contributed by atoms with Gasteiger partial charge in [-0.2, -0.15) is 0 Å². The Balaban J connectivity index is 1.44. The molecule has 1 saturated heterocycles. The lowest BCUT2D eigenvalue weighted by molar-refractivity contribution is 0.0915. The summed E-state index contributed by atoms with van der Waals surface area (Å²) < 4.78 is 39.2. The van der Waals surface area contributed by atoms with Gasteiger partial charge in [-0.15, -0.1) is 0 Å². The number of benzene rings is 2. The van der Waals surface area contributed by atoms with Crippen molar-refractivity contribution in [3.8, 4) is 17.1 Å². The molecular weight excluding hydrogens is 479 g/mol. The summed E-state index contributed by atoms with van der Waals surface area (Å²) in [5.74, 6) is 0.00713. The van der Waals surface area contributed by atoms with Crippen LogP contribution >= 0.6 is 0 Å². The summed E-state index contributed by atoms with van der Waals surface area (Å²) in [5.41, 5.74) is 3.61. The zero-order valence-corrected chi connectivity index (χ0v) is 20.6. The van der Waals surface area contributed by atoms with Crippen LogP contribution in [-0.4, -0.2) is 45.9 Å². The molecule has 1 saturated carbocycles. The van der Waals surface area contributed by atoms with Gasteiger partial charge in [-0.1, -0.05) is 30.3 Å². The van der Waals surface area contributed by atoms with Crippen LogP contribution in [0.4, 0.5) is 4.39 Å². The Hall–Kier alpha value is -3.59. The zero-order chi connectivity index (χ0) is 25.1. The van der Waals surface area contributed by atoms with Crippen LogP contribution in [0.1, 0.15) is 48.0 Å². The second-order valence-electron chi connectivity index (χ2n) is 10.1. The molecular formula is C27H25FN4O3S. The molecule has 1 aliphatic carbocycles. The smallest absolute Gasteiger partial charge is 0.251 e. The second kappa shape index (κ2) is 8.23. The highest BCUT2D eigenvalue weighted by Gasteiger charge is 2.39. The number of fused-ring (bicyclic) bond motifs is 1. The van der Waals surface area contributed by atoms with Crippen LogP contribution in [-0.2, 0) is 9.84 Å². The van der Waals surface area contributed by atoms with E-state index in [2.05, 4.69) is 39.6 Å². The largest absolute Gasteiger partial charge is 0.346 e. The Morgan fingerprint density at radius 2 is 1.92 bits per heavy atom. The van der Waals surface area contributed by atoms with E-state index in [1.165, 1.54) is 18.4 Å². The molecule has 2 aromatic heterocycles. The van der Waals surface area contributed by atoms with E-state index >= 15 is 0 Å². The lowest BCUT2D eigenvalue weighted by Gasteiger charge is -2.24. The Kier molecular flexibility index (Phi) is 5.22. The van der Waals surface area contributed by atoms with E-state index in [0.717, 1.165) is 28.9 Å². The predicted molar refractivity (Wildman–Crippen MR) is 135 cm³/mol. The van der Waals surface area contributed by atoms with Gasteiger partial charge < -0.3 is 5.32 Å². The van der Waals surface area contributed by atoms with Crippen LogP contribution in [0.15, 0.2) is 61.1 Å². The number of halogens is 1. The Morgan fingerprint density at radius 1 is 1.14 bits per heavy atom. The molecule has 184 valence electrons. The molecule has 9 heteroatoms. The SMILES string of the molecule is CC1(NC(=O)c2ccc3c(-c4cccc(C5CC5)c4)cn(-c4ncc(F)cn4)c3c2)CCS(=O)(=O)C1. The third kappa shape index (κ3) is 4.28. The van der Waals surface area contributed by atoms with Gasteiger partial charge in [0.05, 0.1) is 35.0 Å².